The zero-order valence-corrected chi connectivity index (χ0v) is 15.5. The van der Waals surface area contributed by atoms with Crippen LogP contribution in [0.4, 0.5) is 0 Å². The molecule has 0 heterocycles. The molecule has 4 aliphatic rings. The highest BCUT2D eigenvalue weighted by Crippen LogP contribution is 2.64. The summed E-state index contributed by atoms with van der Waals surface area (Å²) in [5, 5.41) is 20.7. The van der Waals surface area contributed by atoms with Gasteiger partial charge in [0, 0.05) is 12.3 Å². The molecule has 4 heteroatoms. The maximum atomic E-state index is 11.7. The summed E-state index contributed by atoms with van der Waals surface area (Å²) >= 11 is 0. The van der Waals surface area contributed by atoms with Gasteiger partial charge in [-0.3, -0.25) is 4.79 Å². The van der Waals surface area contributed by atoms with Crippen LogP contribution < -0.4 is 0 Å². The smallest absolute Gasteiger partial charge is 0.308 e. The maximum absolute atomic E-state index is 11.7. The number of carbonyl (C=O) groups is 1. The van der Waals surface area contributed by atoms with E-state index in [4.69, 9.17) is 4.74 Å². The van der Waals surface area contributed by atoms with E-state index < -0.39 is 0 Å². The lowest BCUT2D eigenvalue weighted by atomic mass is 9.51. The Morgan fingerprint density at radius 3 is 2.60 bits per heavy atom. The molecule has 0 saturated heterocycles. The van der Waals surface area contributed by atoms with Crippen LogP contribution in [-0.4, -0.2) is 28.4 Å². The average Bonchev–Trinajstić information content (AvgIpc) is 2.84. The van der Waals surface area contributed by atoms with Crippen LogP contribution in [0, 0.1) is 22.7 Å². The van der Waals surface area contributed by atoms with Gasteiger partial charge in [-0.25, -0.2) is 0 Å². The average molecular weight is 346 g/mol. The van der Waals surface area contributed by atoms with Gasteiger partial charge in [-0.2, -0.15) is 0 Å². The summed E-state index contributed by atoms with van der Waals surface area (Å²) in [6.07, 6.45) is 7.82. The molecule has 0 aromatic carbocycles. The highest BCUT2D eigenvalue weighted by molar-refractivity contribution is 5.68. The molecule has 2 unspecified atom stereocenters. The van der Waals surface area contributed by atoms with Crippen molar-refractivity contribution in [1.29, 1.82) is 0 Å². The highest BCUT2D eigenvalue weighted by Gasteiger charge is 2.57. The van der Waals surface area contributed by atoms with Gasteiger partial charge in [0.25, 0.3) is 0 Å². The van der Waals surface area contributed by atoms with E-state index >= 15 is 0 Å². The van der Waals surface area contributed by atoms with Gasteiger partial charge < -0.3 is 14.9 Å². The Labute approximate surface area is 149 Å². The molecule has 0 amide bonds. The fourth-order valence-corrected chi connectivity index (χ4v) is 6.25. The number of ether oxygens (including phenoxy) is 1. The van der Waals surface area contributed by atoms with E-state index in [1.165, 1.54) is 18.1 Å². The van der Waals surface area contributed by atoms with Crippen LogP contribution >= 0.6 is 0 Å². The minimum absolute atomic E-state index is 0.0487. The van der Waals surface area contributed by atoms with E-state index in [1.807, 2.05) is 6.08 Å². The summed E-state index contributed by atoms with van der Waals surface area (Å²) in [7, 11) is 0. The van der Waals surface area contributed by atoms with Crippen LogP contribution in [-0.2, 0) is 9.53 Å². The number of aliphatic hydroxyl groups is 2. The molecule has 0 spiro atoms. The van der Waals surface area contributed by atoms with Gasteiger partial charge in [0.2, 0.25) is 0 Å². The van der Waals surface area contributed by atoms with Crippen molar-refractivity contribution in [3.05, 3.63) is 23.0 Å². The highest BCUT2D eigenvalue weighted by atomic mass is 16.5. The standard InChI is InChI=1S/C21H30O4/c1-12(22)25-17-11-13-10-14(23)6-8-20(13,2)16-7-9-21(3)15(19(16)17)4-5-18(21)24/h11,14-16,18,23-24H,4-10H2,1-3H3/t14?,15-,16+,18?,20-,21-/m0/s1. The second kappa shape index (κ2) is 5.68. The number of aliphatic hydroxyl groups excluding tert-OH is 2. The van der Waals surface area contributed by atoms with Crippen molar-refractivity contribution in [2.24, 2.45) is 22.7 Å². The van der Waals surface area contributed by atoms with E-state index in [-0.39, 0.29) is 34.9 Å². The Balaban J connectivity index is 1.84. The fraction of sp³-hybridized carbons (Fsp3) is 0.762. The number of rotatable bonds is 1. The van der Waals surface area contributed by atoms with Crippen molar-refractivity contribution in [3.63, 3.8) is 0 Å². The van der Waals surface area contributed by atoms with Crippen molar-refractivity contribution in [1.82, 2.24) is 0 Å². The molecule has 4 nitrogen and oxygen atoms in total. The molecule has 0 radical (unpaired) electrons. The molecule has 0 aliphatic heterocycles. The van der Waals surface area contributed by atoms with Gasteiger partial charge in [0.05, 0.1) is 12.2 Å². The van der Waals surface area contributed by atoms with Crippen LogP contribution in [0.2, 0.25) is 0 Å². The molecule has 3 saturated carbocycles. The number of fused-ring (bicyclic) bond motifs is 5. The topological polar surface area (TPSA) is 66.8 Å². The Morgan fingerprint density at radius 2 is 1.88 bits per heavy atom. The Bertz CT molecular complexity index is 663. The number of hydrogen-bond donors (Lipinski definition) is 2. The SMILES string of the molecule is CC(=O)OC1=C2[C@@H](CC[C@]3(C)C(O)CC[C@@H]23)[C@@]2(C)CCC(O)CC2=C1. The summed E-state index contributed by atoms with van der Waals surface area (Å²) in [6.45, 7) is 5.99. The van der Waals surface area contributed by atoms with Gasteiger partial charge in [-0.1, -0.05) is 19.4 Å². The molecule has 0 bridgehead atoms. The zero-order valence-electron chi connectivity index (χ0n) is 15.5. The quantitative estimate of drug-likeness (QED) is 0.713. The first kappa shape index (κ1) is 17.3. The van der Waals surface area contributed by atoms with Crippen LogP contribution in [0.5, 0.6) is 0 Å². The summed E-state index contributed by atoms with van der Waals surface area (Å²) in [5.74, 6) is 1.07. The lowest BCUT2D eigenvalue weighted by Gasteiger charge is -2.54. The number of carbonyl (C=O) groups excluding carboxylic acids is 1. The molecule has 4 aliphatic carbocycles. The third kappa shape index (κ3) is 2.44. The first-order valence-corrected chi connectivity index (χ1v) is 9.75. The Hall–Kier alpha value is -1.13. The normalized spacial score (nSPS) is 46.0. The molecule has 4 rings (SSSR count). The van der Waals surface area contributed by atoms with E-state index in [1.54, 1.807) is 0 Å². The van der Waals surface area contributed by atoms with Gasteiger partial charge in [0.15, 0.2) is 0 Å². The van der Waals surface area contributed by atoms with Crippen molar-refractivity contribution < 1.29 is 19.7 Å². The van der Waals surface area contributed by atoms with Gasteiger partial charge in [-0.15, -0.1) is 0 Å². The molecular weight excluding hydrogens is 316 g/mol. The number of hydrogen-bond acceptors (Lipinski definition) is 4. The van der Waals surface area contributed by atoms with E-state index in [2.05, 4.69) is 13.8 Å². The van der Waals surface area contributed by atoms with Crippen molar-refractivity contribution >= 4 is 5.97 Å². The third-order valence-electron chi connectivity index (χ3n) is 7.81. The van der Waals surface area contributed by atoms with E-state index in [0.717, 1.165) is 38.5 Å². The molecule has 0 aromatic heterocycles. The first-order chi connectivity index (χ1) is 11.8. The summed E-state index contributed by atoms with van der Waals surface area (Å²) in [5.41, 5.74) is 2.45. The minimum atomic E-state index is -0.290. The second-order valence-corrected chi connectivity index (χ2v) is 9.14. The molecule has 138 valence electrons. The van der Waals surface area contributed by atoms with Gasteiger partial charge in [-0.05, 0) is 73.8 Å². The third-order valence-corrected chi connectivity index (χ3v) is 7.81. The van der Waals surface area contributed by atoms with Gasteiger partial charge in [0.1, 0.15) is 5.76 Å². The molecule has 0 aromatic rings. The summed E-state index contributed by atoms with van der Waals surface area (Å²) in [4.78, 5) is 11.7. The predicted molar refractivity (Wildman–Crippen MR) is 94.4 cm³/mol. The minimum Gasteiger partial charge on any atom is -0.427 e. The lowest BCUT2D eigenvalue weighted by Crippen LogP contribution is -2.47. The van der Waals surface area contributed by atoms with E-state index in [9.17, 15) is 15.0 Å². The van der Waals surface area contributed by atoms with Crippen LogP contribution in [0.25, 0.3) is 0 Å². The maximum Gasteiger partial charge on any atom is 0.308 e. The van der Waals surface area contributed by atoms with Crippen LogP contribution in [0.1, 0.15) is 65.7 Å². The molecule has 3 fully saturated rings. The Kier molecular flexibility index (Phi) is 3.93. The molecule has 6 atom stereocenters. The molecule has 2 N–H and O–H groups in total. The lowest BCUT2D eigenvalue weighted by molar-refractivity contribution is -0.136. The first-order valence-electron chi connectivity index (χ1n) is 9.75. The molecular formula is C21H30O4. The van der Waals surface area contributed by atoms with E-state index in [0.29, 0.717) is 18.1 Å². The monoisotopic (exact) mass is 346 g/mol. The van der Waals surface area contributed by atoms with Crippen molar-refractivity contribution in [2.75, 3.05) is 0 Å². The summed E-state index contributed by atoms with van der Waals surface area (Å²) < 4.78 is 5.68. The van der Waals surface area contributed by atoms with Crippen LogP contribution in [0.15, 0.2) is 23.0 Å². The zero-order chi connectivity index (χ0) is 18.0. The number of allylic oxidation sites excluding steroid dienone is 2. The van der Waals surface area contributed by atoms with Crippen LogP contribution in [0.3, 0.4) is 0 Å². The summed E-state index contributed by atoms with van der Waals surface area (Å²) in [6, 6.07) is 0. The number of esters is 1. The van der Waals surface area contributed by atoms with Crippen molar-refractivity contribution in [3.8, 4) is 0 Å². The predicted octanol–water partition coefficient (Wildman–Crippen LogP) is 3.48. The second-order valence-electron chi connectivity index (χ2n) is 9.14. The van der Waals surface area contributed by atoms with Gasteiger partial charge >= 0.3 is 5.97 Å². The Morgan fingerprint density at radius 1 is 1.12 bits per heavy atom. The van der Waals surface area contributed by atoms with Crippen molar-refractivity contribution in [2.45, 2.75) is 77.9 Å². The largest absolute Gasteiger partial charge is 0.427 e. The fourth-order valence-electron chi connectivity index (χ4n) is 6.25. The molecule has 25 heavy (non-hydrogen) atoms.